The van der Waals surface area contributed by atoms with Crippen LogP contribution in [0.15, 0.2) is 58.2 Å². The van der Waals surface area contributed by atoms with Crippen LogP contribution >= 0.6 is 11.8 Å². The van der Waals surface area contributed by atoms with Crippen LogP contribution in [0.5, 0.6) is 0 Å². The fourth-order valence-corrected chi connectivity index (χ4v) is 4.23. The van der Waals surface area contributed by atoms with E-state index >= 15 is 0 Å². The average molecular weight is 438 g/mol. The molecule has 1 N–H and O–H groups in total. The number of carbonyl (C=O) groups is 1. The number of thioether (sulfide) groups is 1. The average Bonchev–Trinajstić information content (AvgIpc) is 3.32. The zero-order valence-electron chi connectivity index (χ0n) is 17.9. The van der Waals surface area contributed by atoms with Crippen molar-refractivity contribution in [2.45, 2.75) is 25.4 Å². The molecule has 162 valence electrons. The second-order valence-corrected chi connectivity index (χ2v) is 8.63. The van der Waals surface area contributed by atoms with Crippen molar-refractivity contribution in [3.8, 4) is 0 Å². The molecule has 1 aromatic carbocycles. The lowest BCUT2D eigenvalue weighted by Gasteiger charge is -2.37. The molecule has 0 spiro atoms. The molecule has 2 aromatic heterocycles. The van der Waals surface area contributed by atoms with Gasteiger partial charge in [-0.05, 0) is 55.3 Å². The van der Waals surface area contributed by atoms with E-state index in [2.05, 4.69) is 57.4 Å². The number of rotatable bonds is 7. The van der Waals surface area contributed by atoms with E-state index in [0.29, 0.717) is 12.3 Å². The molecule has 1 amide bonds. The van der Waals surface area contributed by atoms with Crippen LogP contribution in [0.2, 0.25) is 0 Å². The predicted molar refractivity (Wildman–Crippen MR) is 124 cm³/mol. The third-order valence-electron chi connectivity index (χ3n) is 5.33. The van der Waals surface area contributed by atoms with Crippen molar-refractivity contribution in [1.29, 1.82) is 0 Å². The molecule has 3 heterocycles. The Balaban J connectivity index is 1.25. The number of furan rings is 1. The van der Waals surface area contributed by atoms with Gasteiger partial charge in [-0.15, -0.1) is 10.2 Å². The van der Waals surface area contributed by atoms with Gasteiger partial charge in [0.1, 0.15) is 10.8 Å². The van der Waals surface area contributed by atoms with Gasteiger partial charge in [0, 0.05) is 31.9 Å². The summed E-state index contributed by atoms with van der Waals surface area (Å²) in [4.78, 5) is 16.7. The van der Waals surface area contributed by atoms with Gasteiger partial charge in [-0.2, -0.15) is 0 Å². The molecule has 3 aromatic rings. The molecule has 0 bridgehead atoms. The maximum Gasteiger partial charge on any atom is 0.230 e. The van der Waals surface area contributed by atoms with Gasteiger partial charge in [-0.25, -0.2) is 0 Å². The summed E-state index contributed by atoms with van der Waals surface area (Å²) >= 11 is 1.38. The molecule has 1 fully saturated rings. The Morgan fingerprint density at radius 2 is 1.87 bits per heavy atom. The first-order valence-corrected chi connectivity index (χ1v) is 11.4. The molecule has 4 rings (SSSR count). The van der Waals surface area contributed by atoms with E-state index in [1.165, 1.54) is 28.6 Å². The second-order valence-electron chi connectivity index (χ2n) is 7.64. The molecule has 0 radical (unpaired) electrons. The first kappa shape index (κ1) is 21.2. The van der Waals surface area contributed by atoms with Gasteiger partial charge in [0.2, 0.25) is 5.91 Å². The number of anilines is 2. The summed E-state index contributed by atoms with van der Waals surface area (Å²) in [6.07, 6.45) is 1.59. The Kier molecular flexibility index (Phi) is 6.76. The Morgan fingerprint density at radius 3 is 2.58 bits per heavy atom. The van der Waals surface area contributed by atoms with Gasteiger partial charge >= 0.3 is 0 Å². The second kappa shape index (κ2) is 9.87. The van der Waals surface area contributed by atoms with Crippen LogP contribution in [0, 0.1) is 13.8 Å². The first-order chi connectivity index (χ1) is 15.1. The molecular formula is C23H27N5O2S. The zero-order chi connectivity index (χ0) is 21.6. The molecule has 0 saturated carbocycles. The highest BCUT2D eigenvalue weighted by Gasteiger charge is 2.20. The highest BCUT2D eigenvalue weighted by molar-refractivity contribution is 7.99. The molecule has 8 heteroatoms. The molecule has 1 saturated heterocycles. The van der Waals surface area contributed by atoms with Gasteiger partial charge in [0.15, 0.2) is 5.82 Å². The molecule has 31 heavy (non-hydrogen) atoms. The number of hydrogen-bond acceptors (Lipinski definition) is 7. The molecule has 1 aliphatic rings. The van der Waals surface area contributed by atoms with Crippen LogP contribution in [-0.4, -0.2) is 48.0 Å². The monoisotopic (exact) mass is 437 g/mol. The fourth-order valence-electron chi connectivity index (χ4n) is 3.58. The first-order valence-electron chi connectivity index (χ1n) is 10.4. The lowest BCUT2D eigenvalue weighted by Crippen LogP contribution is -2.47. The van der Waals surface area contributed by atoms with E-state index in [1.54, 1.807) is 12.3 Å². The predicted octanol–water partition coefficient (Wildman–Crippen LogP) is 3.42. The van der Waals surface area contributed by atoms with E-state index in [4.69, 9.17) is 4.42 Å². The topological polar surface area (TPSA) is 74.5 Å². The van der Waals surface area contributed by atoms with Crippen LogP contribution in [0.1, 0.15) is 16.9 Å². The SMILES string of the molecule is Cc1ccc(C)c(N2CCN(c3ccc(SCC(=O)NCc4ccco4)nn3)CC2)c1. The normalized spacial score (nSPS) is 14.0. The van der Waals surface area contributed by atoms with Crippen molar-refractivity contribution in [1.82, 2.24) is 15.5 Å². The Hall–Kier alpha value is -3.00. The van der Waals surface area contributed by atoms with Crippen molar-refractivity contribution in [2.24, 2.45) is 0 Å². The summed E-state index contributed by atoms with van der Waals surface area (Å²) in [5, 5.41) is 12.3. The van der Waals surface area contributed by atoms with Crippen LogP contribution < -0.4 is 15.1 Å². The molecule has 0 atom stereocenters. The number of aryl methyl sites for hydroxylation is 2. The number of aromatic nitrogens is 2. The highest BCUT2D eigenvalue weighted by atomic mass is 32.2. The van der Waals surface area contributed by atoms with E-state index < -0.39 is 0 Å². The van der Waals surface area contributed by atoms with Gasteiger partial charge in [0.05, 0.1) is 18.6 Å². The number of amides is 1. The van der Waals surface area contributed by atoms with Crippen molar-refractivity contribution in [3.05, 3.63) is 65.6 Å². The third kappa shape index (κ3) is 5.58. The number of nitrogens with one attached hydrogen (secondary N) is 1. The Bertz CT molecular complexity index is 999. The number of nitrogens with zero attached hydrogens (tertiary/aromatic N) is 4. The minimum atomic E-state index is -0.0603. The smallest absolute Gasteiger partial charge is 0.230 e. The van der Waals surface area contributed by atoms with E-state index in [1.807, 2.05) is 18.2 Å². The minimum Gasteiger partial charge on any atom is -0.467 e. The molecule has 0 aliphatic carbocycles. The fraction of sp³-hybridized carbons (Fsp3) is 0.348. The highest BCUT2D eigenvalue weighted by Crippen LogP contribution is 2.24. The summed E-state index contributed by atoms with van der Waals surface area (Å²) in [5.74, 6) is 1.85. The lowest BCUT2D eigenvalue weighted by molar-refractivity contribution is -0.118. The quantitative estimate of drug-likeness (QED) is 0.568. The molecule has 0 unspecified atom stereocenters. The third-order valence-corrected chi connectivity index (χ3v) is 6.25. The van der Waals surface area contributed by atoms with Crippen molar-refractivity contribution >= 4 is 29.2 Å². The summed E-state index contributed by atoms with van der Waals surface area (Å²) in [6, 6.07) is 14.2. The van der Waals surface area contributed by atoms with Gasteiger partial charge in [0.25, 0.3) is 0 Å². The Morgan fingerprint density at radius 1 is 1.06 bits per heavy atom. The number of hydrogen-bond donors (Lipinski definition) is 1. The molecule has 7 nitrogen and oxygen atoms in total. The summed E-state index contributed by atoms with van der Waals surface area (Å²) in [6.45, 7) is 8.42. The van der Waals surface area contributed by atoms with E-state index in [0.717, 1.165) is 42.8 Å². The summed E-state index contributed by atoms with van der Waals surface area (Å²) in [5.41, 5.74) is 3.92. The standard InChI is InChI=1S/C23H27N5O2S/c1-17-5-6-18(2)20(14-17)27-9-11-28(12-10-27)21-7-8-23(26-25-21)31-16-22(29)24-15-19-4-3-13-30-19/h3-8,13-14H,9-12,15-16H2,1-2H3,(H,24,29). The lowest BCUT2D eigenvalue weighted by atomic mass is 10.1. The van der Waals surface area contributed by atoms with Crippen molar-refractivity contribution in [2.75, 3.05) is 41.7 Å². The van der Waals surface area contributed by atoms with Crippen molar-refractivity contribution in [3.63, 3.8) is 0 Å². The van der Waals surface area contributed by atoms with Gasteiger partial charge < -0.3 is 19.5 Å². The number of carbonyl (C=O) groups excluding carboxylic acids is 1. The maximum atomic E-state index is 12.0. The summed E-state index contributed by atoms with van der Waals surface area (Å²) < 4.78 is 5.21. The molecular weight excluding hydrogens is 410 g/mol. The van der Waals surface area contributed by atoms with E-state index in [-0.39, 0.29) is 5.91 Å². The Labute approximate surface area is 186 Å². The van der Waals surface area contributed by atoms with Crippen LogP contribution in [0.25, 0.3) is 0 Å². The maximum absolute atomic E-state index is 12.0. The van der Waals surface area contributed by atoms with Gasteiger partial charge in [-0.1, -0.05) is 23.9 Å². The van der Waals surface area contributed by atoms with Crippen LogP contribution in [0.4, 0.5) is 11.5 Å². The van der Waals surface area contributed by atoms with Crippen LogP contribution in [-0.2, 0) is 11.3 Å². The molecule has 1 aliphatic heterocycles. The number of benzene rings is 1. The largest absolute Gasteiger partial charge is 0.467 e. The summed E-state index contributed by atoms with van der Waals surface area (Å²) in [7, 11) is 0. The number of piperazine rings is 1. The zero-order valence-corrected chi connectivity index (χ0v) is 18.7. The van der Waals surface area contributed by atoms with Crippen molar-refractivity contribution < 1.29 is 9.21 Å². The van der Waals surface area contributed by atoms with E-state index in [9.17, 15) is 4.79 Å². The minimum absolute atomic E-state index is 0.0603. The van der Waals surface area contributed by atoms with Crippen LogP contribution in [0.3, 0.4) is 0 Å². The van der Waals surface area contributed by atoms with Gasteiger partial charge in [-0.3, -0.25) is 4.79 Å².